The third-order valence-electron chi connectivity index (χ3n) is 21.5. The van der Waals surface area contributed by atoms with E-state index in [4.69, 9.17) is 9.47 Å². The summed E-state index contributed by atoms with van der Waals surface area (Å²) in [5.74, 6) is 3.72. The highest BCUT2D eigenvalue weighted by molar-refractivity contribution is 7.06. The molecule has 0 spiro atoms. The highest BCUT2D eigenvalue weighted by atomic mass is 16.5. The average molecular weight is 1160 g/mol. The number of hydrogen-bond acceptors (Lipinski definition) is 6. The van der Waals surface area contributed by atoms with Gasteiger partial charge in [-0.15, -0.1) is 0 Å². The molecule has 0 atom stereocenters. The van der Waals surface area contributed by atoms with Crippen molar-refractivity contribution in [3.8, 4) is 28.7 Å². The number of nitrogens with zero attached hydrogens (tertiary/aromatic N) is 5. The van der Waals surface area contributed by atoms with Crippen molar-refractivity contribution < 1.29 is 9.47 Å². The zero-order valence-corrected chi connectivity index (χ0v) is 49.7. The van der Waals surface area contributed by atoms with Crippen molar-refractivity contribution in [3.05, 3.63) is 272 Å². The predicted molar refractivity (Wildman–Crippen MR) is 381 cm³/mol. The van der Waals surface area contributed by atoms with Gasteiger partial charge < -0.3 is 33.6 Å². The van der Waals surface area contributed by atoms with E-state index in [2.05, 4.69) is 299 Å². The van der Waals surface area contributed by atoms with Crippen molar-refractivity contribution in [1.29, 1.82) is 0 Å². The Morgan fingerprint density at radius 1 is 0.264 bits per heavy atom. The lowest BCUT2D eigenvalue weighted by molar-refractivity contribution is 0.484. The Kier molecular flexibility index (Phi) is 9.27. The van der Waals surface area contributed by atoms with Gasteiger partial charge in [-0.05, 0) is 164 Å². The van der Waals surface area contributed by atoms with Gasteiger partial charge in [0, 0.05) is 84.5 Å². The van der Waals surface area contributed by atoms with Crippen molar-refractivity contribution in [1.82, 2.24) is 4.57 Å². The van der Waals surface area contributed by atoms with Crippen LogP contribution < -0.4 is 94.6 Å². The van der Waals surface area contributed by atoms with Gasteiger partial charge in [0.05, 0.1) is 22.4 Å². The van der Waals surface area contributed by atoms with Crippen LogP contribution in [-0.4, -0.2) is 31.4 Å². The summed E-state index contributed by atoms with van der Waals surface area (Å²) in [6.45, 7) is 4.33. The maximum Gasteiger partial charge on any atom is 0.256 e. The van der Waals surface area contributed by atoms with Crippen molar-refractivity contribution in [2.45, 2.75) is 13.8 Å². The van der Waals surface area contributed by atoms with E-state index < -0.39 is 0 Å². The first-order valence-electron chi connectivity index (χ1n) is 31.9. The highest BCUT2D eigenvalue weighted by Gasteiger charge is 2.55. The van der Waals surface area contributed by atoms with E-state index in [1.165, 1.54) is 122 Å². The van der Waals surface area contributed by atoms with Crippen LogP contribution >= 0.6 is 0 Å². The minimum absolute atomic E-state index is 0.0215. The molecule has 0 N–H and O–H groups in total. The monoisotopic (exact) mass is 1160 g/mol. The van der Waals surface area contributed by atoms with Gasteiger partial charge in [-0.3, -0.25) is 0 Å². The number of benzene rings is 13. The summed E-state index contributed by atoms with van der Waals surface area (Å²) in [7, 11) is 0. The molecule has 0 saturated carbocycles. The third-order valence-corrected chi connectivity index (χ3v) is 21.5. The highest BCUT2D eigenvalue weighted by Crippen LogP contribution is 2.54. The Hall–Kier alpha value is -11.3. The quantitative estimate of drug-likeness (QED) is 0.164. The van der Waals surface area contributed by atoms with E-state index >= 15 is 0 Å². The van der Waals surface area contributed by atoms with E-state index in [1.807, 2.05) is 0 Å². The lowest BCUT2D eigenvalue weighted by atomic mass is 9.29. The number of rotatable bonds is 3. The smallest absolute Gasteiger partial charge is 0.256 e. The van der Waals surface area contributed by atoms with Crippen molar-refractivity contribution in [2.24, 2.45) is 0 Å². The second-order valence-electron chi connectivity index (χ2n) is 25.7. The number of fused-ring (bicyclic) bond motifs is 23. The van der Waals surface area contributed by atoms with Crippen molar-refractivity contribution >= 4 is 182 Å². The molecule has 0 fully saturated rings. The molecule has 0 unspecified atom stereocenters. The molecule has 0 aliphatic carbocycles. The van der Waals surface area contributed by atoms with Crippen LogP contribution in [0.25, 0.3) is 27.5 Å². The van der Waals surface area contributed by atoms with Crippen molar-refractivity contribution in [3.63, 3.8) is 0 Å². The van der Waals surface area contributed by atoms with Gasteiger partial charge in [0.1, 0.15) is 23.0 Å². The maximum absolute atomic E-state index is 7.36. The van der Waals surface area contributed by atoms with Crippen molar-refractivity contribution in [2.75, 3.05) is 19.6 Å². The van der Waals surface area contributed by atoms with Gasteiger partial charge >= 0.3 is 0 Å². The summed E-state index contributed by atoms with van der Waals surface area (Å²) in [5.41, 5.74) is 35.0. The Morgan fingerprint density at radius 3 is 0.967 bits per heavy atom. The van der Waals surface area contributed by atoms with Crippen LogP contribution in [0.4, 0.5) is 68.2 Å². The first kappa shape index (κ1) is 48.7. The van der Waals surface area contributed by atoms with Gasteiger partial charge in [0.15, 0.2) is 0 Å². The van der Waals surface area contributed by atoms with E-state index in [-0.39, 0.29) is 26.9 Å². The molecule has 8 aliphatic heterocycles. The van der Waals surface area contributed by atoms with Gasteiger partial charge in [0.2, 0.25) is 0 Å². The Morgan fingerprint density at radius 2 is 0.582 bits per heavy atom. The lowest BCUT2D eigenvalue weighted by Crippen LogP contribution is -2.68. The fourth-order valence-electron chi connectivity index (χ4n) is 18.2. The molecule has 11 heteroatoms. The SMILES string of the molecule is Cc1c2c3c4c5c1N(c1ccccc1)c1cc6c(cc1B5c1ccccc1N4c1ccccc1B3c1ccccc1O2)c1cc2c(cc1n6-c1ccccc1)N(c1ccccc1)c1c(C)c3c4c5c1B2c1ccccc1N5c1ccccc1B4c1ccccc1O3. The van der Waals surface area contributed by atoms with Gasteiger partial charge in [-0.25, -0.2) is 0 Å². The summed E-state index contributed by atoms with van der Waals surface area (Å²) in [4.78, 5) is 10.3. The number of anilines is 12. The molecule has 22 rings (SSSR count). The number of ether oxygens (including phenoxy) is 2. The van der Waals surface area contributed by atoms with Crippen LogP contribution in [0, 0.1) is 13.8 Å². The normalized spacial score (nSPS) is 14.5. The zero-order chi connectivity index (χ0) is 59.2. The molecule has 0 amide bonds. The maximum atomic E-state index is 7.36. The number of hydrogen-bond donors (Lipinski definition) is 0. The molecular weight excluding hydrogens is 1110 g/mol. The fourth-order valence-corrected chi connectivity index (χ4v) is 18.2. The summed E-state index contributed by atoms with van der Waals surface area (Å²) >= 11 is 0. The molecule has 0 radical (unpaired) electrons. The first-order chi connectivity index (χ1) is 45.1. The largest absolute Gasteiger partial charge is 0.458 e. The molecular formula is C80H49B4N5O2. The zero-order valence-electron chi connectivity index (χ0n) is 49.7. The van der Waals surface area contributed by atoms with Crippen LogP contribution in [0.1, 0.15) is 11.1 Å². The third kappa shape index (κ3) is 5.96. The molecule has 0 bridgehead atoms. The predicted octanol–water partition coefficient (Wildman–Crippen LogP) is 11.4. The van der Waals surface area contributed by atoms with E-state index in [9.17, 15) is 0 Å². The summed E-state index contributed by atoms with van der Waals surface area (Å²) < 4.78 is 17.3. The fraction of sp³-hybridized carbons (Fsp3) is 0.0250. The first-order valence-corrected chi connectivity index (χ1v) is 31.9. The summed E-state index contributed by atoms with van der Waals surface area (Å²) in [6.07, 6.45) is 0. The van der Waals surface area contributed by atoms with E-state index in [0.717, 1.165) is 73.6 Å². The van der Waals surface area contributed by atoms with Crippen LogP contribution in [0.2, 0.25) is 0 Å². The molecule has 8 aliphatic rings. The minimum atomic E-state index is -0.126. The molecule has 91 heavy (non-hydrogen) atoms. The van der Waals surface area contributed by atoms with Gasteiger partial charge in [-0.2, -0.15) is 0 Å². The number of aromatic nitrogens is 1. The summed E-state index contributed by atoms with van der Waals surface area (Å²) in [5, 5.41) is 2.43. The number of para-hydroxylation sites is 9. The Balaban J connectivity index is 0.875. The molecule has 13 aromatic carbocycles. The second kappa shape index (κ2) is 17.3. The lowest BCUT2D eigenvalue weighted by Gasteiger charge is -2.50. The van der Waals surface area contributed by atoms with Crippen LogP contribution in [0.3, 0.4) is 0 Å². The molecule has 418 valence electrons. The minimum Gasteiger partial charge on any atom is -0.458 e. The molecule has 0 saturated heterocycles. The van der Waals surface area contributed by atoms with Gasteiger partial charge in [0.25, 0.3) is 26.9 Å². The molecule has 14 aromatic rings. The Labute approximate surface area is 527 Å². The van der Waals surface area contributed by atoms with Crippen LogP contribution in [0.5, 0.6) is 23.0 Å². The van der Waals surface area contributed by atoms with E-state index in [1.54, 1.807) is 0 Å². The molecule has 9 heterocycles. The van der Waals surface area contributed by atoms with Crippen LogP contribution in [0.15, 0.2) is 261 Å². The standard InChI is InChI=1S/C80H49B4N5O2/c1-46-75-71-77-73-79(46)90-69-40-22-16-34-57(69)81(73)53-30-12-18-36-61(53)88(77)63-38-20-14-32-55(63)83(71)59-42-51-52-43-60-68(45-66(52)85(48-24-6-3-7-25-48)65(51)44-67(59)86(75)49-26-8-4-9-27-49)87(50-28-10-5-11-29-50)76-47(2)80-74-78-72(76)84(60)56-33-15-21-39-64(56)89(78)62-37-19-13-31-54(62)82(74)58-35-17-23-41-70(58)91-80/h3-45H,1-2H3. The Bertz CT molecular complexity index is 5330. The topological polar surface area (TPSA) is 36.4 Å². The summed E-state index contributed by atoms with van der Waals surface area (Å²) in [6, 6.07) is 97.6. The van der Waals surface area contributed by atoms with Gasteiger partial charge in [-0.1, -0.05) is 176 Å². The van der Waals surface area contributed by atoms with E-state index in [0.29, 0.717) is 0 Å². The molecule has 7 nitrogen and oxygen atoms in total. The molecule has 1 aromatic heterocycles. The average Bonchev–Trinajstić information content (AvgIpc) is 1.21. The van der Waals surface area contributed by atoms with Crippen LogP contribution in [-0.2, 0) is 0 Å². The second-order valence-corrected chi connectivity index (χ2v) is 25.7.